The maximum atomic E-state index is 11.9. The second-order valence-electron chi connectivity index (χ2n) is 4.46. The number of rotatable bonds is 4. The monoisotopic (exact) mass is 244 g/mol. The topological polar surface area (TPSA) is 81.1 Å². The Kier molecular flexibility index (Phi) is 5.21. The Morgan fingerprint density at radius 3 is 2.41 bits per heavy atom. The van der Waals surface area contributed by atoms with Crippen LogP contribution in [-0.2, 0) is 4.79 Å². The maximum Gasteiger partial charge on any atom is 0.319 e. The lowest BCUT2D eigenvalue weighted by molar-refractivity contribution is -0.137. The third kappa shape index (κ3) is 4.22. The van der Waals surface area contributed by atoms with Gasteiger partial charge in [0.05, 0.1) is 6.42 Å². The number of piperidine rings is 1. The summed E-state index contributed by atoms with van der Waals surface area (Å²) >= 11 is 0. The van der Waals surface area contributed by atoms with Crippen molar-refractivity contribution in [3.05, 3.63) is 0 Å². The number of carbonyl (C=O) groups is 2. The highest BCUT2D eigenvalue weighted by atomic mass is 16.4. The van der Waals surface area contributed by atoms with Crippen LogP contribution in [0.25, 0.3) is 0 Å². The predicted octanol–water partition coefficient (Wildman–Crippen LogP) is 0.217. The first kappa shape index (κ1) is 13.8. The summed E-state index contributed by atoms with van der Waals surface area (Å²) in [6.45, 7) is 1.69. The summed E-state index contributed by atoms with van der Waals surface area (Å²) in [7, 11) is 1.61. The summed E-state index contributed by atoms with van der Waals surface area (Å²) in [4.78, 5) is 25.5. The molecule has 0 spiro atoms. The van der Waals surface area contributed by atoms with Gasteiger partial charge in [-0.1, -0.05) is 0 Å². The number of aliphatic carboxylic acids is 1. The Hall–Kier alpha value is -1.30. The molecule has 1 fully saturated rings. The molecule has 2 amide bonds. The number of carboxylic acids is 1. The van der Waals surface area contributed by atoms with Gasteiger partial charge < -0.3 is 20.0 Å². The van der Waals surface area contributed by atoms with Crippen LogP contribution in [0, 0.1) is 5.92 Å². The highest BCUT2D eigenvalue weighted by Gasteiger charge is 2.24. The molecule has 0 saturated carbocycles. The molecule has 2 N–H and O–H groups in total. The van der Waals surface area contributed by atoms with E-state index in [4.69, 9.17) is 10.2 Å². The molecule has 1 rings (SSSR count). The minimum atomic E-state index is -0.899. The molecule has 0 radical (unpaired) electrons. The fourth-order valence-electron chi connectivity index (χ4n) is 1.91. The number of hydrogen-bond acceptors (Lipinski definition) is 3. The molecule has 1 saturated heterocycles. The van der Waals surface area contributed by atoms with Gasteiger partial charge in [-0.3, -0.25) is 4.79 Å². The van der Waals surface area contributed by atoms with E-state index in [2.05, 4.69) is 0 Å². The normalized spacial score (nSPS) is 16.9. The van der Waals surface area contributed by atoms with Gasteiger partial charge in [0.15, 0.2) is 0 Å². The largest absolute Gasteiger partial charge is 0.481 e. The van der Waals surface area contributed by atoms with Gasteiger partial charge in [0, 0.05) is 33.3 Å². The first-order valence-corrected chi connectivity index (χ1v) is 5.87. The minimum absolute atomic E-state index is 0.0324. The van der Waals surface area contributed by atoms with Gasteiger partial charge in [-0.05, 0) is 18.8 Å². The van der Waals surface area contributed by atoms with E-state index in [0.29, 0.717) is 19.0 Å². The molecular weight excluding hydrogens is 224 g/mol. The van der Waals surface area contributed by atoms with E-state index in [-0.39, 0.29) is 25.6 Å². The Morgan fingerprint density at radius 1 is 1.35 bits per heavy atom. The molecule has 6 nitrogen and oxygen atoms in total. The van der Waals surface area contributed by atoms with Gasteiger partial charge in [-0.25, -0.2) is 4.79 Å². The van der Waals surface area contributed by atoms with Crippen LogP contribution in [0.2, 0.25) is 0 Å². The molecule has 1 heterocycles. The van der Waals surface area contributed by atoms with Crippen molar-refractivity contribution in [3.63, 3.8) is 0 Å². The predicted molar refractivity (Wildman–Crippen MR) is 61.7 cm³/mol. The lowest BCUT2D eigenvalue weighted by Gasteiger charge is -2.33. The van der Waals surface area contributed by atoms with Gasteiger partial charge in [0.25, 0.3) is 0 Å². The fourth-order valence-corrected chi connectivity index (χ4v) is 1.91. The summed E-state index contributed by atoms with van der Waals surface area (Å²) in [5.74, 6) is -0.605. The van der Waals surface area contributed by atoms with Crippen molar-refractivity contribution >= 4 is 12.0 Å². The van der Waals surface area contributed by atoms with Crippen LogP contribution in [-0.4, -0.2) is 65.3 Å². The van der Waals surface area contributed by atoms with Gasteiger partial charge in [0.2, 0.25) is 0 Å². The quantitative estimate of drug-likeness (QED) is 0.741. The third-order valence-corrected chi connectivity index (χ3v) is 3.13. The maximum absolute atomic E-state index is 11.9. The molecule has 98 valence electrons. The zero-order valence-electron chi connectivity index (χ0n) is 10.1. The van der Waals surface area contributed by atoms with Crippen LogP contribution in [0.1, 0.15) is 19.3 Å². The number of carbonyl (C=O) groups excluding carboxylic acids is 1. The highest BCUT2D eigenvalue weighted by Crippen LogP contribution is 2.17. The lowest BCUT2D eigenvalue weighted by atomic mass is 9.98. The SMILES string of the molecule is CN(CCC(=O)O)C(=O)N1CCC(CO)CC1. The molecule has 0 aromatic carbocycles. The first-order valence-electron chi connectivity index (χ1n) is 5.87. The molecule has 0 aliphatic carbocycles. The first-order chi connectivity index (χ1) is 8.04. The van der Waals surface area contributed by atoms with E-state index in [1.807, 2.05) is 0 Å². The molecular formula is C11H20N2O4. The summed E-state index contributed by atoms with van der Waals surface area (Å²) in [5, 5.41) is 17.5. The van der Waals surface area contributed by atoms with E-state index in [0.717, 1.165) is 12.8 Å². The van der Waals surface area contributed by atoms with Crippen molar-refractivity contribution in [1.29, 1.82) is 0 Å². The average Bonchev–Trinajstić information content (AvgIpc) is 2.35. The van der Waals surface area contributed by atoms with Crippen LogP contribution in [0.3, 0.4) is 0 Å². The highest BCUT2D eigenvalue weighted by molar-refractivity contribution is 5.75. The molecule has 1 aliphatic rings. The molecule has 17 heavy (non-hydrogen) atoms. The minimum Gasteiger partial charge on any atom is -0.481 e. The van der Waals surface area contributed by atoms with Crippen molar-refractivity contribution in [2.45, 2.75) is 19.3 Å². The summed E-state index contributed by atoms with van der Waals surface area (Å²) in [6, 6.07) is -0.123. The van der Waals surface area contributed by atoms with E-state index in [9.17, 15) is 9.59 Å². The molecule has 0 aromatic heterocycles. The Balaban J connectivity index is 2.34. The number of hydrogen-bond donors (Lipinski definition) is 2. The number of aliphatic hydroxyl groups excluding tert-OH is 1. The van der Waals surface area contributed by atoms with Gasteiger partial charge >= 0.3 is 12.0 Å². The van der Waals surface area contributed by atoms with E-state index in [1.165, 1.54) is 4.90 Å². The zero-order valence-corrected chi connectivity index (χ0v) is 10.1. The van der Waals surface area contributed by atoms with Gasteiger partial charge in [-0.15, -0.1) is 0 Å². The van der Waals surface area contributed by atoms with Crippen LogP contribution in [0.4, 0.5) is 4.79 Å². The molecule has 6 heteroatoms. The molecule has 0 atom stereocenters. The van der Waals surface area contributed by atoms with Gasteiger partial charge in [0.1, 0.15) is 0 Å². The number of amides is 2. The lowest BCUT2D eigenvalue weighted by Crippen LogP contribution is -2.46. The number of nitrogens with zero attached hydrogens (tertiary/aromatic N) is 2. The van der Waals surface area contributed by atoms with E-state index in [1.54, 1.807) is 11.9 Å². The smallest absolute Gasteiger partial charge is 0.319 e. The van der Waals surface area contributed by atoms with Crippen LogP contribution in [0.5, 0.6) is 0 Å². The van der Waals surface area contributed by atoms with Crippen LogP contribution < -0.4 is 0 Å². The van der Waals surface area contributed by atoms with Crippen molar-refractivity contribution < 1.29 is 19.8 Å². The molecule has 0 bridgehead atoms. The number of urea groups is 1. The van der Waals surface area contributed by atoms with Crippen molar-refractivity contribution in [1.82, 2.24) is 9.80 Å². The molecule has 0 unspecified atom stereocenters. The van der Waals surface area contributed by atoms with Crippen molar-refractivity contribution in [2.24, 2.45) is 5.92 Å². The number of carboxylic acid groups (broad SMARTS) is 1. The number of aliphatic hydroxyl groups is 1. The number of likely N-dealkylation sites (tertiary alicyclic amines) is 1. The van der Waals surface area contributed by atoms with Crippen LogP contribution >= 0.6 is 0 Å². The van der Waals surface area contributed by atoms with Crippen molar-refractivity contribution in [3.8, 4) is 0 Å². The summed E-state index contributed by atoms with van der Waals surface area (Å²) in [5.41, 5.74) is 0. The van der Waals surface area contributed by atoms with Crippen LogP contribution in [0.15, 0.2) is 0 Å². The third-order valence-electron chi connectivity index (χ3n) is 3.13. The molecule has 0 aromatic rings. The average molecular weight is 244 g/mol. The Labute approximate surface area is 101 Å². The second-order valence-corrected chi connectivity index (χ2v) is 4.46. The second kappa shape index (κ2) is 6.44. The summed E-state index contributed by atoms with van der Waals surface area (Å²) in [6.07, 6.45) is 1.60. The standard InChI is InChI=1S/C11H20N2O4/c1-12(5-4-10(15)16)11(17)13-6-2-9(8-14)3-7-13/h9,14H,2-8H2,1H3,(H,15,16). The Morgan fingerprint density at radius 2 is 1.94 bits per heavy atom. The zero-order chi connectivity index (χ0) is 12.8. The van der Waals surface area contributed by atoms with E-state index >= 15 is 0 Å². The summed E-state index contributed by atoms with van der Waals surface area (Å²) < 4.78 is 0. The fraction of sp³-hybridized carbons (Fsp3) is 0.818. The molecule has 1 aliphatic heterocycles. The Bertz CT molecular complexity index is 275. The van der Waals surface area contributed by atoms with E-state index < -0.39 is 5.97 Å². The van der Waals surface area contributed by atoms with Crippen molar-refractivity contribution in [2.75, 3.05) is 33.3 Å². The van der Waals surface area contributed by atoms with Gasteiger partial charge in [-0.2, -0.15) is 0 Å².